The number of nitrogens with zero attached hydrogens (tertiary/aromatic N) is 5. The van der Waals surface area contributed by atoms with Gasteiger partial charge in [-0.3, -0.25) is 14.2 Å². The summed E-state index contributed by atoms with van der Waals surface area (Å²) in [4.78, 5) is 33.3. The largest absolute Gasteiger partial charge is 0.336 e. The van der Waals surface area contributed by atoms with Crippen LogP contribution in [0.25, 0.3) is 16.7 Å². The van der Waals surface area contributed by atoms with Crippen LogP contribution in [0.3, 0.4) is 0 Å². The maximum absolute atomic E-state index is 13.4. The van der Waals surface area contributed by atoms with Crippen LogP contribution in [-0.4, -0.2) is 41.9 Å². The molecule has 1 aliphatic heterocycles. The van der Waals surface area contributed by atoms with E-state index < -0.39 is 0 Å². The Morgan fingerprint density at radius 3 is 2.74 bits per heavy atom. The quantitative estimate of drug-likeness (QED) is 0.364. The summed E-state index contributed by atoms with van der Waals surface area (Å²) in [5.41, 5.74) is 2.14. The monoisotopic (exact) mass is 493 g/mol. The van der Waals surface area contributed by atoms with Gasteiger partial charge in [0.1, 0.15) is 5.39 Å². The Morgan fingerprint density at radius 2 is 2.00 bits per heavy atom. The zero-order chi connectivity index (χ0) is 23.8. The van der Waals surface area contributed by atoms with Crippen LogP contribution >= 0.6 is 23.4 Å². The average Bonchev–Trinajstić information content (AvgIpc) is 3.43. The predicted molar refractivity (Wildman–Crippen MR) is 135 cm³/mol. The smallest absolute Gasteiger partial charge is 0.265 e. The van der Waals surface area contributed by atoms with Crippen LogP contribution in [0.15, 0.2) is 70.7 Å². The fourth-order valence-electron chi connectivity index (χ4n) is 4.24. The van der Waals surface area contributed by atoms with Gasteiger partial charge in [-0.05, 0) is 37.6 Å². The van der Waals surface area contributed by atoms with Crippen molar-refractivity contribution in [2.75, 3.05) is 5.75 Å². The van der Waals surface area contributed by atoms with E-state index in [9.17, 15) is 9.59 Å². The van der Waals surface area contributed by atoms with Gasteiger partial charge in [-0.25, -0.2) is 9.67 Å². The van der Waals surface area contributed by atoms with Crippen molar-refractivity contribution in [3.05, 3.63) is 81.7 Å². The lowest BCUT2D eigenvalue weighted by Gasteiger charge is -2.28. The summed E-state index contributed by atoms with van der Waals surface area (Å²) < 4.78 is 3.29. The molecule has 9 heteroatoms. The lowest BCUT2D eigenvalue weighted by Crippen LogP contribution is -2.38. The summed E-state index contributed by atoms with van der Waals surface area (Å²) in [6.45, 7) is 4.57. The predicted octanol–water partition coefficient (Wildman–Crippen LogP) is 4.71. The molecular formula is C25H24ClN5O2S. The number of fused-ring (bicyclic) bond motifs is 2. The molecule has 1 atom stereocenters. The minimum Gasteiger partial charge on any atom is -0.336 e. The fraction of sp³-hybridized carbons (Fsp3) is 0.280. The molecule has 174 valence electrons. The summed E-state index contributed by atoms with van der Waals surface area (Å²) in [7, 11) is 0. The lowest BCUT2D eigenvalue weighted by atomic mass is 10.1. The first-order valence-electron chi connectivity index (χ1n) is 11.1. The molecule has 1 amide bonds. The van der Waals surface area contributed by atoms with Crippen molar-refractivity contribution in [3.8, 4) is 5.69 Å². The topological polar surface area (TPSA) is 73.0 Å². The number of carbonyl (C=O) groups is 1. The van der Waals surface area contributed by atoms with Gasteiger partial charge in [0.2, 0.25) is 5.91 Å². The normalized spacial score (nSPS) is 15.1. The number of hydrogen-bond donors (Lipinski definition) is 0. The summed E-state index contributed by atoms with van der Waals surface area (Å²) in [6, 6.07) is 17.0. The minimum atomic E-state index is -0.247. The molecule has 0 N–H and O–H groups in total. The molecule has 0 radical (unpaired) electrons. The summed E-state index contributed by atoms with van der Waals surface area (Å²) >= 11 is 7.63. The molecule has 3 heterocycles. The molecule has 1 aliphatic rings. The lowest BCUT2D eigenvalue weighted by molar-refractivity contribution is -0.134. The van der Waals surface area contributed by atoms with E-state index in [1.807, 2.05) is 61.2 Å². The van der Waals surface area contributed by atoms with E-state index in [0.717, 1.165) is 11.3 Å². The van der Waals surface area contributed by atoms with Crippen LogP contribution in [0, 0.1) is 0 Å². The van der Waals surface area contributed by atoms with Crippen molar-refractivity contribution < 1.29 is 4.79 Å². The van der Waals surface area contributed by atoms with Crippen LogP contribution in [-0.2, 0) is 11.3 Å². The Morgan fingerprint density at radius 1 is 1.21 bits per heavy atom. The standard InChI is InChI=1S/C25H24ClN5O2S/c1-16(2)29(14-17-7-4-3-5-8-17)22(32)12-20-15-34-25-28-23-21(24(33)30(20)25)13-27-31(23)19-10-6-9-18(26)11-19/h3-11,13,16,20H,12,14-15H2,1-2H3. The zero-order valence-electron chi connectivity index (χ0n) is 18.9. The third kappa shape index (κ3) is 4.23. The van der Waals surface area contributed by atoms with Gasteiger partial charge in [-0.1, -0.05) is 59.8 Å². The fourth-order valence-corrected chi connectivity index (χ4v) is 5.55. The van der Waals surface area contributed by atoms with Crippen molar-refractivity contribution in [1.82, 2.24) is 24.2 Å². The van der Waals surface area contributed by atoms with Gasteiger partial charge in [0, 0.05) is 29.8 Å². The number of hydrogen-bond acceptors (Lipinski definition) is 5. The van der Waals surface area contributed by atoms with Gasteiger partial charge < -0.3 is 4.90 Å². The molecule has 2 aromatic carbocycles. The van der Waals surface area contributed by atoms with Crippen molar-refractivity contribution in [2.24, 2.45) is 0 Å². The molecule has 5 rings (SSSR count). The van der Waals surface area contributed by atoms with E-state index in [4.69, 9.17) is 16.6 Å². The van der Waals surface area contributed by atoms with E-state index in [0.29, 0.717) is 33.5 Å². The highest BCUT2D eigenvalue weighted by Crippen LogP contribution is 2.34. The van der Waals surface area contributed by atoms with Gasteiger partial charge >= 0.3 is 0 Å². The van der Waals surface area contributed by atoms with Crippen molar-refractivity contribution in [3.63, 3.8) is 0 Å². The minimum absolute atomic E-state index is 0.0268. The molecule has 1 unspecified atom stereocenters. The third-order valence-electron chi connectivity index (χ3n) is 5.97. The van der Waals surface area contributed by atoms with Gasteiger partial charge in [0.05, 0.1) is 17.9 Å². The first kappa shape index (κ1) is 22.7. The molecule has 0 fully saturated rings. The molecule has 0 spiro atoms. The van der Waals surface area contributed by atoms with Crippen molar-refractivity contribution >= 4 is 40.3 Å². The first-order chi connectivity index (χ1) is 16.4. The van der Waals surface area contributed by atoms with Gasteiger partial charge in [0.15, 0.2) is 10.8 Å². The summed E-state index contributed by atoms with van der Waals surface area (Å²) in [5, 5.41) is 6.01. The highest BCUT2D eigenvalue weighted by atomic mass is 35.5. The number of aromatic nitrogens is 4. The van der Waals surface area contributed by atoms with Gasteiger partial charge in [0.25, 0.3) is 5.56 Å². The van der Waals surface area contributed by atoms with E-state index >= 15 is 0 Å². The Balaban J connectivity index is 1.44. The second kappa shape index (κ2) is 9.27. The highest BCUT2D eigenvalue weighted by molar-refractivity contribution is 7.99. The Hall–Kier alpha value is -3.10. The average molecular weight is 494 g/mol. The third-order valence-corrected chi connectivity index (χ3v) is 7.31. The van der Waals surface area contributed by atoms with Crippen molar-refractivity contribution in [2.45, 2.75) is 44.1 Å². The van der Waals surface area contributed by atoms with E-state index in [1.165, 1.54) is 18.0 Å². The molecule has 34 heavy (non-hydrogen) atoms. The van der Waals surface area contributed by atoms with Crippen molar-refractivity contribution in [1.29, 1.82) is 0 Å². The maximum atomic E-state index is 13.4. The Kier molecular flexibility index (Phi) is 6.18. The molecule has 0 bridgehead atoms. The van der Waals surface area contributed by atoms with Crippen LogP contribution < -0.4 is 5.56 Å². The molecular weight excluding hydrogens is 470 g/mol. The number of halogens is 1. The molecule has 0 saturated carbocycles. The van der Waals surface area contributed by atoms with Crippen LogP contribution in [0.5, 0.6) is 0 Å². The second-order valence-corrected chi connectivity index (χ2v) is 10.0. The number of benzene rings is 2. The van der Waals surface area contributed by atoms with E-state index in [1.54, 1.807) is 21.4 Å². The Labute approximate surface area is 206 Å². The number of amides is 1. The van der Waals surface area contributed by atoms with Gasteiger partial charge in [-0.15, -0.1) is 0 Å². The number of thioether (sulfide) groups is 1. The van der Waals surface area contributed by atoms with E-state index in [2.05, 4.69) is 5.10 Å². The molecule has 7 nitrogen and oxygen atoms in total. The van der Waals surface area contributed by atoms with Crippen LogP contribution in [0.4, 0.5) is 0 Å². The Bertz CT molecular complexity index is 1420. The molecule has 0 aliphatic carbocycles. The van der Waals surface area contributed by atoms with E-state index in [-0.39, 0.29) is 30.0 Å². The highest BCUT2D eigenvalue weighted by Gasteiger charge is 2.31. The number of rotatable bonds is 6. The number of carbonyl (C=O) groups excluding carboxylic acids is 1. The van der Waals surface area contributed by atoms with Crippen LogP contribution in [0.2, 0.25) is 5.02 Å². The van der Waals surface area contributed by atoms with Crippen LogP contribution in [0.1, 0.15) is 31.9 Å². The zero-order valence-corrected chi connectivity index (χ0v) is 20.5. The molecule has 0 saturated heterocycles. The maximum Gasteiger partial charge on any atom is 0.265 e. The first-order valence-corrected chi connectivity index (χ1v) is 12.5. The SMILES string of the molecule is CC(C)N(Cc1ccccc1)C(=O)CC1CSc2nc3c(cnn3-c3cccc(Cl)c3)c(=O)n21. The summed E-state index contributed by atoms with van der Waals surface area (Å²) in [6.07, 6.45) is 1.79. The summed E-state index contributed by atoms with van der Waals surface area (Å²) in [5.74, 6) is 0.654. The molecule has 2 aromatic heterocycles. The second-order valence-electron chi connectivity index (χ2n) is 8.61. The molecule has 4 aromatic rings. The van der Waals surface area contributed by atoms with Gasteiger partial charge in [-0.2, -0.15) is 5.10 Å².